The molecule has 0 aliphatic heterocycles. The highest BCUT2D eigenvalue weighted by atomic mass is 16.2. The number of carbonyl (C=O) groups excluding carboxylic acids is 1. The summed E-state index contributed by atoms with van der Waals surface area (Å²) in [7, 11) is 0. The maximum Gasteiger partial charge on any atom is 0.240 e. The molecule has 106 valence electrons. The van der Waals surface area contributed by atoms with Gasteiger partial charge in [0.1, 0.15) is 0 Å². The van der Waals surface area contributed by atoms with Gasteiger partial charge in [-0.25, -0.2) is 0 Å². The molecule has 0 saturated carbocycles. The minimum Gasteiger partial charge on any atom is -0.333 e. The largest absolute Gasteiger partial charge is 0.333 e. The van der Waals surface area contributed by atoms with Crippen LogP contribution in [0.4, 0.5) is 0 Å². The third-order valence-electron chi connectivity index (χ3n) is 3.01. The summed E-state index contributed by atoms with van der Waals surface area (Å²) < 4.78 is 0. The summed E-state index contributed by atoms with van der Waals surface area (Å²) >= 11 is 0. The molecule has 19 heavy (non-hydrogen) atoms. The third kappa shape index (κ3) is 4.99. The van der Waals surface area contributed by atoms with Crippen molar-refractivity contribution in [1.29, 1.82) is 0 Å². The van der Waals surface area contributed by atoms with Crippen LogP contribution in [-0.4, -0.2) is 27.9 Å². The van der Waals surface area contributed by atoms with Gasteiger partial charge in [0.2, 0.25) is 5.91 Å². The van der Waals surface area contributed by atoms with Crippen molar-refractivity contribution in [2.24, 2.45) is 11.7 Å². The van der Waals surface area contributed by atoms with Crippen molar-refractivity contribution < 1.29 is 4.79 Å². The average molecular weight is 263 g/mol. The Balaban J connectivity index is 2.75. The number of amides is 1. The van der Waals surface area contributed by atoms with E-state index in [1.165, 1.54) is 0 Å². The van der Waals surface area contributed by atoms with Gasteiger partial charge in [0, 0.05) is 12.2 Å². The van der Waals surface area contributed by atoms with Crippen molar-refractivity contribution in [2.45, 2.75) is 52.7 Å². The van der Waals surface area contributed by atoms with Gasteiger partial charge in [0.25, 0.3) is 0 Å². The monoisotopic (exact) mass is 263 g/mol. The van der Waals surface area contributed by atoms with E-state index < -0.39 is 6.04 Å². The Bertz CT molecular complexity index is 390. The zero-order chi connectivity index (χ0) is 14.4. The molecule has 1 atom stereocenters. The maximum atomic E-state index is 12.4. The van der Waals surface area contributed by atoms with E-state index in [2.05, 4.69) is 18.8 Å². The fourth-order valence-corrected chi connectivity index (χ4v) is 2.00. The number of rotatable bonds is 6. The minimum absolute atomic E-state index is 0.00866. The van der Waals surface area contributed by atoms with E-state index in [9.17, 15) is 4.79 Å². The Kier molecular flexibility index (Phi) is 5.96. The molecule has 1 heterocycles. The van der Waals surface area contributed by atoms with E-state index in [0.29, 0.717) is 18.9 Å². The van der Waals surface area contributed by atoms with Gasteiger partial charge in [0.05, 0.1) is 18.3 Å². The summed E-state index contributed by atoms with van der Waals surface area (Å²) in [6, 6.07) is 5.42. The number of carbonyl (C=O) groups is 1. The zero-order valence-electron chi connectivity index (χ0n) is 12.3. The second kappa shape index (κ2) is 7.24. The topological polar surface area (TPSA) is 59.2 Å². The van der Waals surface area contributed by atoms with Gasteiger partial charge in [-0.2, -0.15) is 0 Å². The van der Waals surface area contributed by atoms with E-state index in [1.807, 2.05) is 32.0 Å². The summed E-state index contributed by atoms with van der Waals surface area (Å²) in [4.78, 5) is 18.5. The molecular formula is C15H25N3O. The van der Waals surface area contributed by atoms with Crippen molar-refractivity contribution in [3.05, 3.63) is 30.1 Å². The lowest BCUT2D eigenvalue weighted by atomic mass is 10.0. The highest BCUT2D eigenvalue weighted by molar-refractivity contribution is 5.81. The predicted molar refractivity (Wildman–Crippen MR) is 77.4 cm³/mol. The summed E-state index contributed by atoms with van der Waals surface area (Å²) in [5, 5.41) is 0. The van der Waals surface area contributed by atoms with Crippen LogP contribution >= 0.6 is 0 Å². The van der Waals surface area contributed by atoms with Gasteiger partial charge < -0.3 is 10.6 Å². The maximum absolute atomic E-state index is 12.4. The zero-order valence-corrected chi connectivity index (χ0v) is 12.3. The molecule has 0 saturated heterocycles. The average Bonchev–Trinajstić information content (AvgIpc) is 2.35. The second-order valence-corrected chi connectivity index (χ2v) is 5.62. The molecule has 0 aliphatic rings. The fraction of sp³-hybridized carbons (Fsp3) is 0.600. The van der Waals surface area contributed by atoms with Crippen LogP contribution in [0.2, 0.25) is 0 Å². The minimum atomic E-state index is -0.425. The van der Waals surface area contributed by atoms with Crippen LogP contribution < -0.4 is 5.73 Å². The Hall–Kier alpha value is -1.42. The van der Waals surface area contributed by atoms with Gasteiger partial charge >= 0.3 is 0 Å². The van der Waals surface area contributed by atoms with E-state index in [1.54, 1.807) is 11.1 Å². The first-order valence-electron chi connectivity index (χ1n) is 6.87. The number of aromatic nitrogens is 1. The molecule has 0 aromatic carbocycles. The lowest BCUT2D eigenvalue weighted by molar-refractivity contribution is -0.135. The van der Waals surface area contributed by atoms with Gasteiger partial charge in [-0.05, 0) is 38.3 Å². The summed E-state index contributed by atoms with van der Waals surface area (Å²) in [5.74, 6) is 0.428. The number of pyridine rings is 1. The van der Waals surface area contributed by atoms with Gasteiger partial charge in [-0.1, -0.05) is 19.9 Å². The van der Waals surface area contributed by atoms with Crippen LogP contribution in [0.5, 0.6) is 0 Å². The first kappa shape index (κ1) is 15.6. The Labute approximate surface area is 116 Å². The highest BCUT2D eigenvalue weighted by Crippen LogP contribution is 2.11. The molecule has 0 radical (unpaired) electrons. The molecule has 0 bridgehead atoms. The summed E-state index contributed by atoms with van der Waals surface area (Å²) in [6.45, 7) is 8.67. The lowest BCUT2D eigenvalue weighted by Crippen LogP contribution is -2.47. The van der Waals surface area contributed by atoms with Crippen LogP contribution in [0.3, 0.4) is 0 Å². The molecule has 1 aromatic rings. The molecule has 1 rings (SSSR count). The van der Waals surface area contributed by atoms with E-state index in [-0.39, 0.29) is 11.9 Å². The number of nitrogens with two attached hydrogens (primary N) is 1. The smallest absolute Gasteiger partial charge is 0.240 e. The van der Waals surface area contributed by atoms with E-state index in [4.69, 9.17) is 5.73 Å². The molecule has 0 unspecified atom stereocenters. The molecule has 0 fully saturated rings. The summed E-state index contributed by atoms with van der Waals surface area (Å²) in [5.41, 5.74) is 6.89. The standard InChI is InChI=1S/C15H25N3O/c1-11(2)9-14(16)15(19)18(12(3)4)10-13-7-5-6-8-17-13/h5-8,11-12,14H,9-10,16H2,1-4H3/t14-/m1/s1. The van der Waals surface area contributed by atoms with Gasteiger partial charge in [-0.3, -0.25) is 9.78 Å². The highest BCUT2D eigenvalue weighted by Gasteiger charge is 2.24. The van der Waals surface area contributed by atoms with Crippen LogP contribution in [0.15, 0.2) is 24.4 Å². The first-order valence-corrected chi connectivity index (χ1v) is 6.87. The van der Waals surface area contributed by atoms with E-state index >= 15 is 0 Å². The van der Waals surface area contributed by atoms with Crippen LogP contribution in [-0.2, 0) is 11.3 Å². The van der Waals surface area contributed by atoms with Gasteiger partial charge in [0.15, 0.2) is 0 Å². The normalized spacial score (nSPS) is 12.8. The SMILES string of the molecule is CC(C)C[C@@H](N)C(=O)N(Cc1ccccn1)C(C)C. The quantitative estimate of drug-likeness (QED) is 0.856. The molecule has 0 aliphatic carbocycles. The molecule has 1 amide bonds. The molecule has 2 N–H and O–H groups in total. The van der Waals surface area contributed by atoms with Crippen molar-refractivity contribution in [3.63, 3.8) is 0 Å². The number of hydrogen-bond donors (Lipinski definition) is 1. The van der Waals surface area contributed by atoms with Crippen molar-refractivity contribution in [3.8, 4) is 0 Å². The number of hydrogen-bond acceptors (Lipinski definition) is 3. The number of nitrogens with zero attached hydrogens (tertiary/aromatic N) is 2. The first-order chi connectivity index (χ1) is 8.91. The van der Waals surface area contributed by atoms with Crippen LogP contribution in [0.25, 0.3) is 0 Å². The Morgan fingerprint density at radius 1 is 1.32 bits per heavy atom. The predicted octanol–water partition coefficient (Wildman–Crippen LogP) is 2.19. The molecule has 4 heteroatoms. The molecule has 4 nitrogen and oxygen atoms in total. The van der Waals surface area contributed by atoms with Crippen LogP contribution in [0.1, 0.15) is 39.8 Å². The molecular weight excluding hydrogens is 238 g/mol. The van der Waals surface area contributed by atoms with Crippen molar-refractivity contribution in [1.82, 2.24) is 9.88 Å². The fourth-order valence-electron chi connectivity index (χ4n) is 2.00. The summed E-state index contributed by atoms with van der Waals surface area (Å²) in [6.07, 6.45) is 2.45. The second-order valence-electron chi connectivity index (χ2n) is 5.62. The Morgan fingerprint density at radius 3 is 2.47 bits per heavy atom. The molecule has 1 aromatic heterocycles. The lowest BCUT2D eigenvalue weighted by Gasteiger charge is -2.29. The van der Waals surface area contributed by atoms with Crippen LogP contribution in [0, 0.1) is 5.92 Å². The molecule has 0 spiro atoms. The van der Waals surface area contributed by atoms with E-state index in [0.717, 1.165) is 5.69 Å². The van der Waals surface area contributed by atoms with Gasteiger partial charge in [-0.15, -0.1) is 0 Å². The Morgan fingerprint density at radius 2 is 2.00 bits per heavy atom. The third-order valence-corrected chi connectivity index (χ3v) is 3.01. The van der Waals surface area contributed by atoms with Crippen molar-refractivity contribution >= 4 is 5.91 Å². The van der Waals surface area contributed by atoms with Crippen molar-refractivity contribution in [2.75, 3.05) is 0 Å².